The van der Waals surface area contributed by atoms with Gasteiger partial charge in [0.05, 0.1) is 6.04 Å². The minimum atomic E-state index is -0.107. The number of H-pyrrole nitrogens is 1. The first-order chi connectivity index (χ1) is 15.7. The molecule has 168 valence electrons. The molecular weight excluding hydrogens is 402 g/mol. The molecule has 0 unspecified atom stereocenters. The number of fused-ring (bicyclic) bond motifs is 1. The van der Waals surface area contributed by atoms with Crippen LogP contribution in [-0.4, -0.2) is 43.2 Å². The van der Waals surface area contributed by atoms with E-state index >= 15 is 0 Å². The third-order valence-corrected chi connectivity index (χ3v) is 7.34. The highest BCUT2D eigenvalue weighted by molar-refractivity contribution is 5.87. The molecule has 3 aromatic rings. The van der Waals surface area contributed by atoms with Gasteiger partial charge in [0.25, 0.3) is 0 Å². The van der Waals surface area contributed by atoms with E-state index in [1.807, 2.05) is 22.8 Å². The van der Waals surface area contributed by atoms with Crippen LogP contribution in [0.15, 0.2) is 24.4 Å². The molecule has 1 aliphatic heterocycles. The van der Waals surface area contributed by atoms with Crippen LogP contribution in [0.3, 0.4) is 0 Å². The lowest BCUT2D eigenvalue weighted by Gasteiger charge is -2.27. The van der Waals surface area contributed by atoms with Crippen LogP contribution in [0.1, 0.15) is 75.8 Å². The van der Waals surface area contributed by atoms with Gasteiger partial charge in [-0.2, -0.15) is 10.1 Å². The quantitative estimate of drug-likeness (QED) is 0.567. The average Bonchev–Trinajstić information content (AvgIpc) is 3.20. The monoisotopic (exact) mass is 433 g/mol. The maximum absolute atomic E-state index is 13.2. The molecule has 1 saturated heterocycles. The molecule has 8 nitrogen and oxygen atoms in total. The van der Waals surface area contributed by atoms with Crippen LogP contribution in [0, 0.1) is 5.92 Å². The topological polar surface area (TPSA) is 91.2 Å². The smallest absolute Gasteiger partial charge is 0.246 e. The summed E-state index contributed by atoms with van der Waals surface area (Å²) < 4.78 is 1.85. The summed E-state index contributed by atoms with van der Waals surface area (Å²) in [5.74, 6) is 3.65. The summed E-state index contributed by atoms with van der Waals surface area (Å²) in [5.41, 5.74) is 2.08. The highest BCUT2D eigenvalue weighted by Crippen LogP contribution is 2.40. The number of aromatic nitrogens is 5. The molecule has 2 saturated carbocycles. The van der Waals surface area contributed by atoms with Gasteiger partial charge in [0, 0.05) is 36.8 Å². The molecule has 2 N–H and O–H groups in total. The second kappa shape index (κ2) is 8.22. The van der Waals surface area contributed by atoms with E-state index in [9.17, 15) is 4.79 Å². The second-order valence-corrected chi connectivity index (χ2v) is 9.73. The average molecular weight is 434 g/mol. The van der Waals surface area contributed by atoms with E-state index in [1.54, 1.807) is 0 Å². The number of Topliss-reactive ketones (excluding diaryl/α,β-unsaturated/α-hetero) is 1. The Morgan fingerprint density at radius 1 is 1.12 bits per heavy atom. The number of anilines is 3. The number of carbonyl (C=O) groups is 1. The molecule has 3 aliphatic rings. The van der Waals surface area contributed by atoms with Crippen molar-refractivity contribution in [2.45, 2.75) is 76.2 Å². The van der Waals surface area contributed by atoms with E-state index in [0.717, 1.165) is 36.5 Å². The summed E-state index contributed by atoms with van der Waals surface area (Å²) in [6.45, 7) is 0.821. The van der Waals surface area contributed by atoms with Crippen molar-refractivity contribution >= 4 is 28.9 Å². The molecule has 1 atom stereocenters. The van der Waals surface area contributed by atoms with Crippen molar-refractivity contribution in [3.8, 4) is 0 Å². The number of hydrogen-bond donors (Lipinski definition) is 2. The van der Waals surface area contributed by atoms with Crippen LogP contribution in [0.5, 0.6) is 0 Å². The van der Waals surface area contributed by atoms with E-state index in [-0.39, 0.29) is 6.04 Å². The first-order valence-electron chi connectivity index (χ1n) is 12.2. The summed E-state index contributed by atoms with van der Waals surface area (Å²) in [6.07, 6.45) is 13.2. The third-order valence-electron chi connectivity index (χ3n) is 7.34. The SMILES string of the molecule is O=C(CC1CCCCC1)[C@@H]1CCCN1c1nc(Nc2cc(C3CC3)[nH]n2)c2cccn2n1. The predicted octanol–water partition coefficient (Wildman–Crippen LogP) is 4.58. The molecule has 0 bridgehead atoms. The molecular formula is C24H31N7O. The molecule has 2 aliphatic carbocycles. The van der Waals surface area contributed by atoms with Gasteiger partial charge in [0.2, 0.25) is 5.95 Å². The Bertz CT molecular complexity index is 1110. The zero-order valence-electron chi connectivity index (χ0n) is 18.5. The lowest BCUT2D eigenvalue weighted by atomic mass is 9.84. The van der Waals surface area contributed by atoms with Crippen LogP contribution in [-0.2, 0) is 4.79 Å². The Hall–Kier alpha value is -2.90. The standard InChI is InChI=1S/C24H31N7O/c32-21(14-16-6-2-1-3-7-16)19-8-4-12-30(19)24-26-23(20-9-5-13-31(20)29-24)25-22-15-18(27-28-22)17-10-11-17/h5,9,13,15-17,19H,1-4,6-8,10-12,14H2,(H2,25,26,27,28,29)/t19-/m0/s1. The fourth-order valence-electron chi connectivity index (χ4n) is 5.41. The van der Waals surface area contributed by atoms with Crippen LogP contribution >= 0.6 is 0 Å². The normalized spacial score (nSPS) is 22.0. The lowest BCUT2D eigenvalue weighted by molar-refractivity contribution is -0.121. The fraction of sp³-hybridized carbons (Fsp3) is 0.583. The molecule has 0 spiro atoms. The van der Waals surface area contributed by atoms with Crippen molar-refractivity contribution in [1.29, 1.82) is 0 Å². The van der Waals surface area contributed by atoms with E-state index in [1.165, 1.54) is 50.6 Å². The number of nitrogens with one attached hydrogen (secondary N) is 2. The summed E-state index contributed by atoms with van der Waals surface area (Å²) in [5, 5.41) is 15.7. The van der Waals surface area contributed by atoms with Gasteiger partial charge in [-0.3, -0.25) is 9.89 Å². The Morgan fingerprint density at radius 3 is 2.84 bits per heavy atom. The molecule has 0 radical (unpaired) electrons. The van der Waals surface area contributed by atoms with E-state index < -0.39 is 0 Å². The van der Waals surface area contributed by atoms with E-state index in [2.05, 4.69) is 26.5 Å². The first-order valence-corrected chi connectivity index (χ1v) is 12.2. The van der Waals surface area contributed by atoms with Crippen LogP contribution < -0.4 is 10.2 Å². The van der Waals surface area contributed by atoms with Crippen LogP contribution in [0.25, 0.3) is 5.52 Å². The molecule has 32 heavy (non-hydrogen) atoms. The van der Waals surface area contributed by atoms with Gasteiger partial charge in [-0.05, 0) is 43.7 Å². The van der Waals surface area contributed by atoms with Gasteiger partial charge < -0.3 is 10.2 Å². The third kappa shape index (κ3) is 3.87. The van der Waals surface area contributed by atoms with E-state index in [4.69, 9.17) is 10.1 Å². The zero-order chi connectivity index (χ0) is 21.5. The van der Waals surface area contributed by atoms with Gasteiger partial charge in [0.15, 0.2) is 17.4 Å². The highest BCUT2D eigenvalue weighted by atomic mass is 16.1. The minimum Gasteiger partial charge on any atom is -0.329 e. The van der Waals surface area contributed by atoms with Crippen molar-refractivity contribution in [3.05, 3.63) is 30.1 Å². The Balaban J connectivity index is 1.25. The summed E-state index contributed by atoms with van der Waals surface area (Å²) >= 11 is 0. The second-order valence-electron chi connectivity index (χ2n) is 9.73. The molecule has 3 fully saturated rings. The molecule has 3 aromatic heterocycles. The molecule has 0 aromatic carbocycles. The maximum atomic E-state index is 13.2. The van der Waals surface area contributed by atoms with Crippen molar-refractivity contribution in [2.24, 2.45) is 5.92 Å². The Kier molecular flexibility index (Phi) is 5.08. The summed E-state index contributed by atoms with van der Waals surface area (Å²) in [6, 6.07) is 5.93. The molecule has 4 heterocycles. The zero-order valence-corrected chi connectivity index (χ0v) is 18.5. The summed E-state index contributed by atoms with van der Waals surface area (Å²) in [7, 11) is 0. The number of rotatable bonds is 7. The largest absolute Gasteiger partial charge is 0.329 e. The maximum Gasteiger partial charge on any atom is 0.246 e. The van der Waals surface area contributed by atoms with Gasteiger partial charge in [-0.25, -0.2) is 4.52 Å². The van der Waals surface area contributed by atoms with Gasteiger partial charge in [0.1, 0.15) is 5.52 Å². The van der Waals surface area contributed by atoms with Crippen molar-refractivity contribution < 1.29 is 4.79 Å². The number of nitrogens with zero attached hydrogens (tertiary/aromatic N) is 5. The molecule has 6 rings (SSSR count). The molecule has 0 amide bonds. The van der Waals surface area contributed by atoms with Crippen molar-refractivity contribution in [1.82, 2.24) is 24.8 Å². The Labute approximate surface area is 187 Å². The number of hydrogen-bond acceptors (Lipinski definition) is 6. The van der Waals surface area contributed by atoms with Crippen molar-refractivity contribution in [2.75, 3.05) is 16.8 Å². The fourth-order valence-corrected chi connectivity index (χ4v) is 5.41. The predicted molar refractivity (Wildman–Crippen MR) is 123 cm³/mol. The van der Waals surface area contributed by atoms with Crippen LogP contribution in [0.4, 0.5) is 17.6 Å². The van der Waals surface area contributed by atoms with Gasteiger partial charge in [-0.15, -0.1) is 5.10 Å². The Morgan fingerprint density at radius 2 is 2.00 bits per heavy atom. The van der Waals surface area contributed by atoms with Gasteiger partial charge >= 0.3 is 0 Å². The molecule has 8 heteroatoms. The highest BCUT2D eigenvalue weighted by Gasteiger charge is 2.34. The van der Waals surface area contributed by atoms with Gasteiger partial charge in [-0.1, -0.05) is 32.1 Å². The minimum absolute atomic E-state index is 0.107. The first kappa shape index (κ1) is 19.8. The van der Waals surface area contributed by atoms with Crippen LogP contribution in [0.2, 0.25) is 0 Å². The number of carbonyl (C=O) groups excluding carboxylic acids is 1. The number of ketones is 1. The number of aromatic amines is 1. The van der Waals surface area contributed by atoms with E-state index in [0.29, 0.717) is 30.0 Å². The van der Waals surface area contributed by atoms with Crippen molar-refractivity contribution in [3.63, 3.8) is 0 Å². The lowest BCUT2D eigenvalue weighted by Crippen LogP contribution is -2.38. The summed E-state index contributed by atoms with van der Waals surface area (Å²) in [4.78, 5) is 20.2.